The van der Waals surface area contributed by atoms with Gasteiger partial charge in [0.15, 0.2) is 6.61 Å². The summed E-state index contributed by atoms with van der Waals surface area (Å²) in [5, 5.41) is 20.7. The molecule has 0 unspecified atom stereocenters. The quantitative estimate of drug-likeness (QED) is 0.323. The Balaban J connectivity index is 1.59. The van der Waals surface area contributed by atoms with Gasteiger partial charge in [-0.1, -0.05) is 24.3 Å². The van der Waals surface area contributed by atoms with Gasteiger partial charge in [0.1, 0.15) is 28.9 Å². The van der Waals surface area contributed by atoms with Crippen molar-refractivity contribution in [1.82, 2.24) is 4.98 Å². The molecule has 35 heavy (non-hydrogen) atoms. The van der Waals surface area contributed by atoms with E-state index in [2.05, 4.69) is 11.1 Å². The summed E-state index contributed by atoms with van der Waals surface area (Å²) >= 11 is 1.49. The highest BCUT2D eigenvalue weighted by Crippen LogP contribution is 2.37. The number of nitrogens with zero attached hydrogens (tertiary/aromatic N) is 2. The van der Waals surface area contributed by atoms with Gasteiger partial charge in [0.2, 0.25) is 0 Å². The molecule has 0 radical (unpaired) electrons. The molecule has 0 amide bonds. The minimum Gasteiger partial charge on any atom is -0.497 e. The molecule has 0 fully saturated rings. The molecule has 176 valence electrons. The number of thiazole rings is 1. The molecule has 0 saturated heterocycles. The number of hydrogen-bond acceptors (Lipinski definition) is 7. The van der Waals surface area contributed by atoms with Gasteiger partial charge in [-0.15, -0.1) is 11.3 Å². The van der Waals surface area contributed by atoms with Crippen LogP contribution in [0.2, 0.25) is 0 Å². The number of aryl methyl sites for hydroxylation is 1. The molecule has 4 rings (SSSR count). The third kappa shape index (κ3) is 5.78. The lowest BCUT2D eigenvalue weighted by Crippen LogP contribution is -2.10. The molecule has 0 saturated carbocycles. The Labute approximate surface area is 206 Å². The third-order valence-electron chi connectivity index (χ3n) is 5.24. The van der Waals surface area contributed by atoms with Gasteiger partial charge in [0.05, 0.1) is 24.4 Å². The predicted octanol–water partition coefficient (Wildman–Crippen LogP) is 5.71. The van der Waals surface area contributed by atoms with Crippen LogP contribution in [0, 0.1) is 18.3 Å². The van der Waals surface area contributed by atoms with E-state index in [4.69, 9.17) is 24.6 Å². The molecule has 3 aromatic carbocycles. The molecule has 7 nitrogen and oxygen atoms in total. The van der Waals surface area contributed by atoms with Crippen molar-refractivity contribution in [1.29, 1.82) is 5.26 Å². The lowest BCUT2D eigenvalue weighted by atomic mass is 10.0. The van der Waals surface area contributed by atoms with Gasteiger partial charge in [-0.3, -0.25) is 0 Å². The Hall–Kier alpha value is -4.35. The second-order valence-electron chi connectivity index (χ2n) is 7.63. The third-order valence-corrected chi connectivity index (χ3v) is 6.06. The first-order valence-corrected chi connectivity index (χ1v) is 11.6. The average molecular weight is 487 g/mol. The van der Waals surface area contributed by atoms with Gasteiger partial charge in [0.25, 0.3) is 0 Å². The number of aromatic nitrogens is 1. The molecule has 0 aliphatic carbocycles. The van der Waals surface area contributed by atoms with Crippen molar-refractivity contribution in [2.24, 2.45) is 0 Å². The SMILES string of the molecule is COc1ccc(-c2cc(OCC(=O)O)c(C)cc2OCc2nc(-c3ccc(C#N)cc3)cs2)cc1. The van der Waals surface area contributed by atoms with Gasteiger partial charge in [0, 0.05) is 16.5 Å². The van der Waals surface area contributed by atoms with Gasteiger partial charge in [-0.25, -0.2) is 9.78 Å². The Morgan fingerprint density at radius 1 is 1.03 bits per heavy atom. The first-order chi connectivity index (χ1) is 17.0. The first kappa shape index (κ1) is 23.8. The zero-order chi connectivity index (χ0) is 24.8. The fraction of sp³-hybridized carbons (Fsp3) is 0.148. The van der Waals surface area contributed by atoms with Gasteiger partial charge >= 0.3 is 5.97 Å². The molecular weight excluding hydrogens is 464 g/mol. The summed E-state index contributed by atoms with van der Waals surface area (Å²) in [5.74, 6) is 0.787. The summed E-state index contributed by atoms with van der Waals surface area (Å²) in [7, 11) is 1.60. The minimum atomic E-state index is -1.04. The van der Waals surface area contributed by atoms with Crippen molar-refractivity contribution >= 4 is 17.3 Å². The van der Waals surface area contributed by atoms with E-state index in [0.717, 1.165) is 38.7 Å². The van der Waals surface area contributed by atoms with E-state index < -0.39 is 12.6 Å². The highest BCUT2D eigenvalue weighted by Gasteiger charge is 2.14. The largest absolute Gasteiger partial charge is 0.497 e. The number of nitriles is 1. The standard InChI is InChI=1S/C27H22N2O5S/c1-17-11-25(33-14-26-29-23(16-35-26)20-5-3-18(13-28)4-6-20)22(12-24(17)34-15-27(30)31)19-7-9-21(32-2)10-8-19/h3-12,16H,14-15H2,1-2H3,(H,30,31). The molecule has 0 aliphatic heterocycles. The summed E-state index contributed by atoms with van der Waals surface area (Å²) in [4.78, 5) is 15.7. The molecule has 4 aromatic rings. The van der Waals surface area contributed by atoms with E-state index in [0.29, 0.717) is 17.1 Å². The normalized spacial score (nSPS) is 10.4. The first-order valence-electron chi connectivity index (χ1n) is 10.7. The monoisotopic (exact) mass is 486 g/mol. The van der Waals surface area contributed by atoms with Crippen LogP contribution in [-0.2, 0) is 11.4 Å². The van der Waals surface area contributed by atoms with E-state index in [1.165, 1.54) is 11.3 Å². The number of hydrogen-bond donors (Lipinski definition) is 1. The molecule has 1 aromatic heterocycles. The maximum Gasteiger partial charge on any atom is 0.341 e. The highest BCUT2D eigenvalue weighted by molar-refractivity contribution is 7.09. The molecule has 0 atom stereocenters. The molecule has 0 aliphatic rings. The molecule has 0 spiro atoms. The maximum absolute atomic E-state index is 11.0. The Bertz CT molecular complexity index is 1370. The fourth-order valence-corrected chi connectivity index (χ4v) is 4.15. The zero-order valence-corrected chi connectivity index (χ0v) is 20.0. The van der Waals surface area contributed by atoms with Gasteiger partial charge in [-0.2, -0.15) is 5.26 Å². The topological polar surface area (TPSA) is 102 Å². The predicted molar refractivity (Wildman–Crippen MR) is 133 cm³/mol. The summed E-state index contributed by atoms with van der Waals surface area (Å²) < 4.78 is 16.9. The van der Waals surface area contributed by atoms with E-state index in [-0.39, 0.29) is 6.61 Å². The van der Waals surface area contributed by atoms with Crippen molar-refractivity contribution < 1.29 is 24.1 Å². The average Bonchev–Trinajstić information content (AvgIpc) is 3.36. The van der Waals surface area contributed by atoms with E-state index in [9.17, 15) is 4.79 Å². The summed E-state index contributed by atoms with van der Waals surface area (Å²) in [5.41, 5.74) is 4.75. The van der Waals surface area contributed by atoms with Crippen LogP contribution in [0.3, 0.4) is 0 Å². The van der Waals surface area contributed by atoms with Crippen LogP contribution >= 0.6 is 11.3 Å². The number of rotatable bonds is 9. The number of ether oxygens (including phenoxy) is 3. The van der Waals surface area contributed by atoms with Crippen molar-refractivity contribution in [3.05, 3.63) is 82.2 Å². The van der Waals surface area contributed by atoms with Crippen LogP contribution in [0.5, 0.6) is 17.2 Å². The highest BCUT2D eigenvalue weighted by atomic mass is 32.1. The lowest BCUT2D eigenvalue weighted by Gasteiger charge is -2.16. The Kier molecular flexibility index (Phi) is 7.29. The summed E-state index contributed by atoms with van der Waals surface area (Å²) in [6, 6.07) is 20.5. The molecule has 1 heterocycles. The van der Waals surface area contributed by atoms with E-state index in [1.807, 2.05) is 54.8 Å². The molecular formula is C27H22N2O5S. The zero-order valence-electron chi connectivity index (χ0n) is 19.1. The second kappa shape index (κ2) is 10.7. The van der Waals surface area contributed by atoms with Crippen LogP contribution < -0.4 is 14.2 Å². The van der Waals surface area contributed by atoms with Crippen molar-refractivity contribution in [2.75, 3.05) is 13.7 Å². The Morgan fingerprint density at radius 3 is 2.40 bits per heavy atom. The smallest absolute Gasteiger partial charge is 0.341 e. The van der Waals surface area contributed by atoms with Crippen molar-refractivity contribution in [2.45, 2.75) is 13.5 Å². The second-order valence-corrected chi connectivity index (χ2v) is 8.57. The molecule has 8 heteroatoms. The van der Waals surface area contributed by atoms with Crippen LogP contribution in [-0.4, -0.2) is 29.8 Å². The number of carboxylic acids is 1. The lowest BCUT2D eigenvalue weighted by molar-refractivity contribution is -0.139. The number of carboxylic acid groups (broad SMARTS) is 1. The maximum atomic E-state index is 11.0. The number of aliphatic carboxylic acids is 1. The number of benzene rings is 3. The van der Waals surface area contributed by atoms with Crippen molar-refractivity contribution in [3.63, 3.8) is 0 Å². The van der Waals surface area contributed by atoms with Crippen LogP contribution in [0.25, 0.3) is 22.4 Å². The van der Waals surface area contributed by atoms with Gasteiger partial charge in [-0.05, 0) is 54.4 Å². The van der Waals surface area contributed by atoms with Gasteiger partial charge < -0.3 is 19.3 Å². The van der Waals surface area contributed by atoms with Crippen LogP contribution in [0.1, 0.15) is 16.1 Å². The number of methoxy groups -OCH3 is 1. The van der Waals surface area contributed by atoms with Crippen LogP contribution in [0.15, 0.2) is 66.0 Å². The minimum absolute atomic E-state index is 0.263. The number of carbonyl (C=O) groups is 1. The molecule has 1 N–H and O–H groups in total. The Morgan fingerprint density at radius 2 is 1.74 bits per heavy atom. The molecule has 0 bridgehead atoms. The summed E-state index contributed by atoms with van der Waals surface area (Å²) in [6.07, 6.45) is 0. The van der Waals surface area contributed by atoms with Crippen LogP contribution in [0.4, 0.5) is 0 Å². The van der Waals surface area contributed by atoms with E-state index >= 15 is 0 Å². The summed E-state index contributed by atoms with van der Waals surface area (Å²) in [6.45, 7) is 1.67. The van der Waals surface area contributed by atoms with Crippen molar-refractivity contribution in [3.8, 4) is 45.7 Å². The fourth-order valence-electron chi connectivity index (χ4n) is 3.44. The van der Waals surface area contributed by atoms with E-state index in [1.54, 1.807) is 25.3 Å².